The van der Waals surface area contributed by atoms with Gasteiger partial charge in [0.25, 0.3) is 0 Å². The highest BCUT2D eigenvalue weighted by Crippen LogP contribution is 2.33. The van der Waals surface area contributed by atoms with Crippen molar-refractivity contribution in [2.45, 2.75) is 58.0 Å². The number of likely N-dealkylation sites (tertiary alicyclic amines) is 1. The molecule has 1 aliphatic carbocycles. The van der Waals surface area contributed by atoms with Crippen LogP contribution in [0.25, 0.3) is 0 Å². The summed E-state index contributed by atoms with van der Waals surface area (Å²) in [5, 5.41) is 0. The number of aryl methyl sites for hydroxylation is 1. The molecule has 2 heteroatoms. The summed E-state index contributed by atoms with van der Waals surface area (Å²) < 4.78 is 0. The molecule has 1 fully saturated rings. The molecular formula is C19H30N2. The summed E-state index contributed by atoms with van der Waals surface area (Å²) in [6, 6.07) is 9.55. The molecule has 21 heavy (non-hydrogen) atoms. The number of benzene rings is 1. The summed E-state index contributed by atoms with van der Waals surface area (Å²) in [6.07, 6.45) is 6.43. The number of nitrogens with two attached hydrogens (primary N) is 1. The van der Waals surface area contributed by atoms with E-state index in [2.05, 4.69) is 43.0 Å². The maximum Gasteiger partial charge on any atom is 0.0455 e. The third-order valence-corrected chi connectivity index (χ3v) is 5.76. The van der Waals surface area contributed by atoms with Crippen LogP contribution in [0.2, 0.25) is 0 Å². The van der Waals surface area contributed by atoms with E-state index in [1.54, 1.807) is 0 Å². The molecule has 1 saturated heterocycles. The number of hydrogen-bond acceptors (Lipinski definition) is 2. The molecule has 0 radical (unpaired) electrons. The van der Waals surface area contributed by atoms with Gasteiger partial charge in [-0.15, -0.1) is 0 Å². The summed E-state index contributed by atoms with van der Waals surface area (Å²) >= 11 is 0. The van der Waals surface area contributed by atoms with Crippen LogP contribution in [0.1, 0.15) is 56.7 Å². The van der Waals surface area contributed by atoms with Gasteiger partial charge in [-0.05, 0) is 68.2 Å². The summed E-state index contributed by atoms with van der Waals surface area (Å²) in [4.78, 5) is 2.69. The van der Waals surface area contributed by atoms with Crippen molar-refractivity contribution in [1.82, 2.24) is 4.90 Å². The number of nitrogens with zero attached hydrogens (tertiary/aromatic N) is 1. The topological polar surface area (TPSA) is 29.3 Å². The first kappa shape index (κ1) is 15.1. The molecule has 2 aliphatic rings. The van der Waals surface area contributed by atoms with Crippen molar-refractivity contribution in [2.75, 3.05) is 13.1 Å². The highest BCUT2D eigenvalue weighted by Gasteiger charge is 2.32. The summed E-state index contributed by atoms with van der Waals surface area (Å²) in [5.74, 6) is 1.74. The van der Waals surface area contributed by atoms with Crippen molar-refractivity contribution in [3.8, 4) is 0 Å². The molecule has 0 bridgehead atoms. The zero-order valence-corrected chi connectivity index (χ0v) is 13.6. The van der Waals surface area contributed by atoms with Crippen LogP contribution >= 0.6 is 0 Å². The molecule has 2 nitrogen and oxygen atoms in total. The molecule has 1 aromatic carbocycles. The molecule has 0 amide bonds. The Hall–Kier alpha value is -0.860. The van der Waals surface area contributed by atoms with Gasteiger partial charge in [0.1, 0.15) is 0 Å². The second-order valence-electron chi connectivity index (χ2n) is 7.30. The standard InChI is InChI=1S/C19H30N2/c1-14(2)15-10-12-21(13-11-15)18-9-5-7-16-6-3-4-8-17(16)19(18)20/h3-4,6,8,14-15,18-19H,5,7,9-13,20H2,1-2H3. The van der Waals surface area contributed by atoms with Crippen molar-refractivity contribution in [3.63, 3.8) is 0 Å². The molecule has 0 saturated carbocycles. The summed E-state index contributed by atoms with van der Waals surface area (Å²) in [6.45, 7) is 7.22. The third-order valence-electron chi connectivity index (χ3n) is 5.76. The molecule has 0 spiro atoms. The smallest absolute Gasteiger partial charge is 0.0455 e. The van der Waals surface area contributed by atoms with E-state index in [9.17, 15) is 0 Å². The van der Waals surface area contributed by atoms with Crippen LogP contribution in [-0.2, 0) is 6.42 Å². The van der Waals surface area contributed by atoms with Gasteiger partial charge in [-0.3, -0.25) is 4.90 Å². The van der Waals surface area contributed by atoms with Gasteiger partial charge < -0.3 is 5.73 Å². The lowest BCUT2D eigenvalue weighted by molar-refractivity contribution is 0.0958. The molecule has 116 valence electrons. The van der Waals surface area contributed by atoms with Crippen LogP contribution in [0.15, 0.2) is 24.3 Å². The fourth-order valence-corrected chi connectivity index (χ4v) is 4.30. The lowest BCUT2D eigenvalue weighted by Gasteiger charge is -2.41. The number of hydrogen-bond donors (Lipinski definition) is 1. The molecule has 1 heterocycles. The van der Waals surface area contributed by atoms with Crippen LogP contribution in [0, 0.1) is 11.8 Å². The van der Waals surface area contributed by atoms with Crippen molar-refractivity contribution in [3.05, 3.63) is 35.4 Å². The predicted octanol–water partition coefficient (Wildman–Crippen LogP) is 3.76. The van der Waals surface area contributed by atoms with Gasteiger partial charge >= 0.3 is 0 Å². The monoisotopic (exact) mass is 286 g/mol. The molecule has 2 N–H and O–H groups in total. The zero-order valence-electron chi connectivity index (χ0n) is 13.6. The minimum atomic E-state index is 0.194. The van der Waals surface area contributed by atoms with Gasteiger partial charge in [0.15, 0.2) is 0 Å². The highest BCUT2D eigenvalue weighted by atomic mass is 15.2. The Kier molecular flexibility index (Phi) is 4.66. The quantitative estimate of drug-likeness (QED) is 0.839. The molecule has 3 rings (SSSR count). The first-order valence-electron chi connectivity index (χ1n) is 8.74. The Labute approximate surface area is 129 Å². The Morgan fingerprint density at radius 3 is 2.52 bits per heavy atom. The third kappa shape index (κ3) is 3.17. The van der Waals surface area contributed by atoms with Crippen LogP contribution in [0.3, 0.4) is 0 Å². The largest absolute Gasteiger partial charge is 0.323 e. The number of piperidine rings is 1. The van der Waals surface area contributed by atoms with Crippen LogP contribution in [0.4, 0.5) is 0 Å². The minimum Gasteiger partial charge on any atom is -0.323 e. The van der Waals surface area contributed by atoms with E-state index >= 15 is 0 Å². The maximum absolute atomic E-state index is 6.67. The maximum atomic E-state index is 6.67. The zero-order chi connectivity index (χ0) is 14.8. The number of fused-ring (bicyclic) bond motifs is 1. The van der Waals surface area contributed by atoms with Gasteiger partial charge in [-0.2, -0.15) is 0 Å². The van der Waals surface area contributed by atoms with Gasteiger partial charge in [-0.25, -0.2) is 0 Å². The lowest BCUT2D eigenvalue weighted by atomic mass is 9.85. The van der Waals surface area contributed by atoms with Gasteiger partial charge in [-0.1, -0.05) is 38.1 Å². The van der Waals surface area contributed by atoms with Crippen molar-refractivity contribution in [2.24, 2.45) is 17.6 Å². The van der Waals surface area contributed by atoms with Crippen LogP contribution < -0.4 is 5.73 Å². The van der Waals surface area contributed by atoms with E-state index in [-0.39, 0.29) is 6.04 Å². The summed E-state index contributed by atoms with van der Waals surface area (Å²) in [5.41, 5.74) is 9.55. The first-order valence-corrected chi connectivity index (χ1v) is 8.74. The van der Waals surface area contributed by atoms with Gasteiger partial charge in [0.05, 0.1) is 0 Å². The average Bonchev–Trinajstić information content (AvgIpc) is 2.67. The van der Waals surface area contributed by atoms with Gasteiger partial charge in [0.2, 0.25) is 0 Å². The fourth-order valence-electron chi connectivity index (χ4n) is 4.30. The van der Waals surface area contributed by atoms with Gasteiger partial charge in [0, 0.05) is 12.1 Å². The summed E-state index contributed by atoms with van der Waals surface area (Å²) in [7, 11) is 0. The highest BCUT2D eigenvalue weighted by molar-refractivity contribution is 5.32. The Morgan fingerprint density at radius 2 is 1.81 bits per heavy atom. The van der Waals surface area contributed by atoms with E-state index in [1.165, 1.54) is 56.3 Å². The SMILES string of the molecule is CC(C)C1CCN(C2CCCc3ccccc3C2N)CC1. The first-order chi connectivity index (χ1) is 10.2. The van der Waals surface area contributed by atoms with Crippen molar-refractivity contribution >= 4 is 0 Å². The van der Waals surface area contributed by atoms with Crippen LogP contribution in [-0.4, -0.2) is 24.0 Å². The lowest BCUT2D eigenvalue weighted by Crippen LogP contribution is -2.47. The Morgan fingerprint density at radius 1 is 1.10 bits per heavy atom. The second-order valence-corrected chi connectivity index (χ2v) is 7.30. The molecular weight excluding hydrogens is 256 g/mol. The van der Waals surface area contributed by atoms with Crippen molar-refractivity contribution in [1.29, 1.82) is 0 Å². The average molecular weight is 286 g/mol. The van der Waals surface area contributed by atoms with E-state index in [4.69, 9.17) is 5.73 Å². The molecule has 0 aromatic heterocycles. The second kappa shape index (κ2) is 6.50. The van der Waals surface area contributed by atoms with Crippen molar-refractivity contribution < 1.29 is 0 Å². The molecule has 1 aromatic rings. The Balaban J connectivity index is 1.72. The minimum absolute atomic E-state index is 0.194. The predicted molar refractivity (Wildman–Crippen MR) is 89.2 cm³/mol. The van der Waals surface area contributed by atoms with E-state index in [1.807, 2.05) is 0 Å². The normalized spacial score (nSPS) is 28.4. The number of rotatable bonds is 2. The molecule has 2 unspecified atom stereocenters. The van der Waals surface area contributed by atoms with E-state index in [0.29, 0.717) is 6.04 Å². The molecule has 2 atom stereocenters. The van der Waals surface area contributed by atoms with Crippen LogP contribution in [0.5, 0.6) is 0 Å². The Bertz CT molecular complexity index is 460. The fraction of sp³-hybridized carbons (Fsp3) is 0.684. The van der Waals surface area contributed by atoms with E-state index in [0.717, 1.165) is 11.8 Å². The molecule has 1 aliphatic heterocycles. The van der Waals surface area contributed by atoms with E-state index < -0.39 is 0 Å².